The number of aromatic nitrogens is 1. The number of amides is 1. The van der Waals surface area contributed by atoms with Crippen molar-refractivity contribution in [2.45, 2.75) is 13.8 Å². The Morgan fingerprint density at radius 3 is 2.50 bits per heavy atom. The summed E-state index contributed by atoms with van der Waals surface area (Å²) in [7, 11) is 5.62. The van der Waals surface area contributed by atoms with Crippen molar-refractivity contribution in [3.63, 3.8) is 0 Å². The van der Waals surface area contributed by atoms with Crippen LogP contribution in [0.5, 0.6) is 0 Å². The minimum atomic E-state index is -0.0518. The predicted octanol–water partition coefficient (Wildman–Crippen LogP) is 2.85. The maximum absolute atomic E-state index is 11.7. The molecule has 0 aliphatic rings. The number of benzene rings is 1. The number of anilines is 1. The first-order chi connectivity index (χ1) is 9.43. The highest BCUT2D eigenvalue weighted by atomic mass is 32.1. The highest BCUT2D eigenvalue weighted by Gasteiger charge is 2.13. The average molecular weight is 289 g/mol. The lowest BCUT2D eigenvalue weighted by molar-refractivity contribution is 0.0962. The molecule has 4 nitrogen and oxygen atoms in total. The molecule has 20 heavy (non-hydrogen) atoms. The van der Waals surface area contributed by atoms with Gasteiger partial charge in [-0.15, -0.1) is 0 Å². The maximum atomic E-state index is 11.7. The van der Waals surface area contributed by atoms with Crippen LogP contribution >= 0.6 is 11.3 Å². The van der Waals surface area contributed by atoms with E-state index in [0.29, 0.717) is 5.56 Å². The highest BCUT2D eigenvalue weighted by Crippen LogP contribution is 2.34. The second-order valence-electron chi connectivity index (χ2n) is 4.91. The number of hydrogen-bond donors (Lipinski definition) is 1. The molecule has 5 heteroatoms. The van der Waals surface area contributed by atoms with E-state index in [1.54, 1.807) is 18.4 Å². The molecule has 1 amide bonds. The Balaban J connectivity index is 2.44. The van der Waals surface area contributed by atoms with Gasteiger partial charge in [0.25, 0.3) is 5.91 Å². The standard InChI is InChI=1S/C15H19N3OS/c1-9-8-11(6-7-12(9)14(19)16-3)13-10(2)17-15(20-13)18(4)5/h6-8H,1-5H3,(H,16,19). The molecule has 0 unspecified atom stereocenters. The fourth-order valence-corrected chi connectivity index (χ4v) is 3.02. The SMILES string of the molecule is CNC(=O)c1ccc(-c2sc(N(C)C)nc2C)cc1C. The van der Waals surface area contributed by atoms with E-state index in [2.05, 4.69) is 10.3 Å². The molecule has 0 bridgehead atoms. The first kappa shape index (κ1) is 14.5. The zero-order valence-corrected chi connectivity index (χ0v) is 13.3. The Bertz CT molecular complexity index is 647. The van der Waals surface area contributed by atoms with Crippen molar-refractivity contribution in [2.75, 3.05) is 26.0 Å². The van der Waals surface area contributed by atoms with Crippen molar-refractivity contribution in [1.82, 2.24) is 10.3 Å². The average Bonchev–Trinajstić information content (AvgIpc) is 2.80. The fraction of sp³-hybridized carbons (Fsp3) is 0.333. The van der Waals surface area contributed by atoms with E-state index in [1.807, 2.05) is 51.0 Å². The zero-order valence-electron chi connectivity index (χ0n) is 12.4. The van der Waals surface area contributed by atoms with E-state index in [-0.39, 0.29) is 5.91 Å². The van der Waals surface area contributed by atoms with Crippen LogP contribution in [0.2, 0.25) is 0 Å². The molecule has 0 saturated carbocycles. The highest BCUT2D eigenvalue weighted by molar-refractivity contribution is 7.19. The van der Waals surface area contributed by atoms with Gasteiger partial charge < -0.3 is 10.2 Å². The Labute approximate surface area is 123 Å². The lowest BCUT2D eigenvalue weighted by Crippen LogP contribution is -2.18. The molecule has 0 aliphatic carbocycles. The maximum Gasteiger partial charge on any atom is 0.251 e. The Kier molecular flexibility index (Phi) is 4.09. The molecule has 1 heterocycles. The van der Waals surface area contributed by atoms with Crippen molar-refractivity contribution in [3.8, 4) is 10.4 Å². The smallest absolute Gasteiger partial charge is 0.251 e. The van der Waals surface area contributed by atoms with Crippen LogP contribution in [0.25, 0.3) is 10.4 Å². The van der Waals surface area contributed by atoms with Gasteiger partial charge in [-0.25, -0.2) is 4.98 Å². The summed E-state index contributed by atoms with van der Waals surface area (Å²) in [6.45, 7) is 3.97. The van der Waals surface area contributed by atoms with Gasteiger partial charge in [0.15, 0.2) is 5.13 Å². The van der Waals surface area contributed by atoms with Gasteiger partial charge in [0.05, 0.1) is 10.6 Å². The molecule has 0 fully saturated rings. The van der Waals surface area contributed by atoms with Crippen molar-refractivity contribution in [2.24, 2.45) is 0 Å². The second-order valence-corrected chi connectivity index (χ2v) is 5.89. The van der Waals surface area contributed by atoms with E-state index in [1.165, 1.54) is 0 Å². The third kappa shape index (κ3) is 2.67. The van der Waals surface area contributed by atoms with Crippen LogP contribution in [0, 0.1) is 13.8 Å². The molecule has 0 radical (unpaired) electrons. The molecule has 1 aromatic carbocycles. The number of carbonyl (C=O) groups is 1. The minimum absolute atomic E-state index is 0.0518. The molecular formula is C15H19N3OS. The topological polar surface area (TPSA) is 45.2 Å². The van der Waals surface area contributed by atoms with E-state index >= 15 is 0 Å². The van der Waals surface area contributed by atoms with Crippen molar-refractivity contribution < 1.29 is 4.79 Å². The van der Waals surface area contributed by atoms with Crippen LogP contribution in [0.1, 0.15) is 21.6 Å². The lowest BCUT2D eigenvalue weighted by Gasteiger charge is -2.07. The summed E-state index contributed by atoms with van der Waals surface area (Å²) in [4.78, 5) is 19.4. The predicted molar refractivity (Wildman–Crippen MR) is 84.7 cm³/mol. The van der Waals surface area contributed by atoms with E-state index in [0.717, 1.165) is 26.8 Å². The van der Waals surface area contributed by atoms with Gasteiger partial charge >= 0.3 is 0 Å². The summed E-state index contributed by atoms with van der Waals surface area (Å²) in [5.74, 6) is -0.0518. The van der Waals surface area contributed by atoms with Gasteiger partial charge in [0, 0.05) is 26.7 Å². The van der Waals surface area contributed by atoms with Crippen LogP contribution in [-0.4, -0.2) is 32.0 Å². The third-order valence-corrected chi connectivity index (χ3v) is 4.50. The molecule has 1 aromatic heterocycles. The molecule has 0 saturated heterocycles. The molecule has 2 rings (SSSR count). The Morgan fingerprint density at radius 1 is 1.30 bits per heavy atom. The number of thiazole rings is 1. The Hall–Kier alpha value is -1.88. The molecule has 2 aromatic rings. The molecular weight excluding hydrogens is 270 g/mol. The van der Waals surface area contributed by atoms with Crippen molar-refractivity contribution in [1.29, 1.82) is 0 Å². The summed E-state index contributed by atoms with van der Waals surface area (Å²) in [6.07, 6.45) is 0. The van der Waals surface area contributed by atoms with Crippen LogP contribution in [-0.2, 0) is 0 Å². The van der Waals surface area contributed by atoms with Gasteiger partial charge in [-0.2, -0.15) is 0 Å². The first-order valence-corrected chi connectivity index (χ1v) is 7.23. The summed E-state index contributed by atoms with van der Waals surface area (Å²) in [5, 5.41) is 3.65. The Morgan fingerprint density at radius 2 is 2.00 bits per heavy atom. The van der Waals surface area contributed by atoms with Gasteiger partial charge in [-0.3, -0.25) is 4.79 Å². The van der Waals surface area contributed by atoms with Crippen LogP contribution < -0.4 is 10.2 Å². The van der Waals surface area contributed by atoms with Crippen molar-refractivity contribution >= 4 is 22.4 Å². The monoisotopic (exact) mass is 289 g/mol. The third-order valence-electron chi connectivity index (χ3n) is 3.13. The number of hydrogen-bond acceptors (Lipinski definition) is 4. The number of nitrogens with one attached hydrogen (secondary N) is 1. The minimum Gasteiger partial charge on any atom is -0.355 e. The van der Waals surface area contributed by atoms with Gasteiger partial charge in [0.2, 0.25) is 0 Å². The number of carbonyl (C=O) groups excluding carboxylic acids is 1. The molecule has 106 valence electrons. The molecule has 1 N–H and O–H groups in total. The first-order valence-electron chi connectivity index (χ1n) is 6.42. The van der Waals surface area contributed by atoms with Crippen LogP contribution in [0.15, 0.2) is 18.2 Å². The zero-order chi connectivity index (χ0) is 14.9. The summed E-state index contributed by atoms with van der Waals surface area (Å²) in [5.41, 5.74) is 3.82. The molecule has 0 atom stereocenters. The normalized spacial score (nSPS) is 10.4. The lowest BCUT2D eigenvalue weighted by atomic mass is 10.0. The van der Waals surface area contributed by atoms with Crippen molar-refractivity contribution in [3.05, 3.63) is 35.0 Å². The number of rotatable bonds is 3. The molecule has 0 aliphatic heterocycles. The molecule has 0 spiro atoms. The van der Waals surface area contributed by atoms with Crippen LogP contribution in [0.4, 0.5) is 5.13 Å². The summed E-state index contributed by atoms with van der Waals surface area (Å²) >= 11 is 1.66. The largest absolute Gasteiger partial charge is 0.355 e. The quantitative estimate of drug-likeness (QED) is 0.945. The fourth-order valence-electron chi connectivity index (χ4n) is 2.04. The van der Waals surface area contributed by atoms with Gasteiger partial charge in [0.1, 0.15) is 0 Å². The number of aryl methyl sites for hydroxylation is 2. The van der Waals surface area contributed by atoms with E-state index < -0.39 is 0 Å². The van der Waals surface area contributed by atoms with E-state index in [4.69, 9.17) is 0 Å². The second kappa shape index (κ2) is 5.63. The van der Waals surface area contributed by atoms with E-state index in [9.17, 15) is 4.79 Å². The number of nitrogens with zero attached hydrogens (tertiary/aromatic N) is 2. The van der Waals surface area contributed by atoms with Gasteiger partial charge in [-0.05, 0) is 37.1 Å². The summed E-state index contributed by atoms with van der Waals surface area (Å²) in [6, 6.07) is 5.90. The van der Waals surface area contributed by atoms with Gasteiger partial charge in [-0.1, -0.05) is 17.4 Å². The summed E-state index contributed by atoms with van der Waals surface area (Å²) < 4.78 is 0. The van der Waals surface area contributed by atoms with Crippen LogP contribution in [0.3, 0.4) is 0 Å².